The van der Waals surface area contributed by atoms with Crippen LogP contribution in [0.1, 0.15) is 33.5 Å². The minimum absolute atomic E-state index is 0.151. The van der Waals surface area contributed by atoms with Crippen LogP contribution in [0.3, 0.4) is 0 Å². The van der Waals surface area contributed by atoms with E-state index in [0.29, 0.717) is 49.9 Å². The lowest BCUT2D eigenvalue weighted by Crippen LogP contribution is -2.50. The van der Waals surface area contributed by atoms with Crippen LogP contribution in [0.25, 0.3) is 0 Å². The summed E-state index contributed by atoms with van der Waals surface area (Å²) in [5.74, 6) is 1.13. The number of hydrogen-bond donors (Lipinski definition) is 0. The zero-order chi connectivity index (χ0) is 24.2. The van der Waals surface area contributed by atoms with Crippen LogP contribution in [0, 0.1) is 5.82 Å². The second-order valence-electron chi connectivity index (χ2n) is 8.27. The van der Waals surface area contributed by atoms with Gasteiger partial charge in [-0.1, -0.05) is 30.3 Å². The molecule has 1 atom stereocenters. The zero-order valence-corrected chi connectivity index (χ0v) is 19.2. The maximum absolute atomic E-state index is 15.0. The van der Waals surface area contributed by atoms with Crippen LogP contribution in [0.5, 0.6) is 5.75 Å². The third-order valence-electron chi connectivity index (χ3n) is 6.19. The van der Waals surface area contributed by atoms with E-state index < -0.39 is 6.04 Å². The molecule has 4 aromatic rings. The molecule has 1 aliphatic rings. The smallest absolute Gasteiger partial charge is 0.289 e. The number of carbonyl (C=O) groups excluding carboxylic acids is 1. The van der Waals surface area contributed by atoms with Gasteiger partial charge in [0.15, 0.2) is 11.6 Å². The number of nitrogens with zero attached hydrogens (tertiary/aromatic N) is 6. The lowest BCUT2D eigenvalue weighted by atomic mass is 10.0. The van der Waals surface area contributed by atoms with Crippen LogP contribution < -0.4 is 4.74 Å². The third-order valence-corrected chi connectivity index (χ3v) is 6.19. The number of halogens is 1. The number of tetrazole rings is 1. The Morgan fingerprint density at radius 2 is 1.83 bits per heavy atom. The van der Waals surface area contributed by atoms with Gasteiger partial charge in [0.1, 0.15) is 17.6 Å². The highest BCUT2D eigenvalue weighted by Gasteiger charge is 2.33. The van der Waals surface area contributed by atoms with Crippen LogP contribution in [-0.2, 0) is 6.54 Å². The van der Waals surface area contributed by atoms with Gasteiger partial charge < -0.3 is 14.1 Å². The summed E-state index contributed by atoms with van der Waals surface area (Å²) in [6.45, 7) is 2.44. The van der Waals surface area contributed by atoms with Gasteiger partial charge >= 0.3 is 0 Å². The number of benzene rings is 2. The summed E-state index contributed by atoms with van der Waals surface area (Å²) in [5, 5.41) is 12.4. The van der Waals surface area contributed by atoms with Gasteiger partial charge in [-0.2, -0.15) is 0 Å². The molecule has 0 saturated carbocycles. The van der Waals surface area contributed by atoms with Gasteiger partial charge in [0.2, 0.25) is 0 Å². The first-order valence-corrected chi connectivity index (χ1v) is 11.3. The van der Waals surface area contributed by atoms with Crippen molar-refractivity contribution in [3.05, 3.63) is 95.5 Å². The molecule has 1 fully saturated rings. The number of carbonyl (C=O) groups is 1. The van der Waals surface area contributed by atoms with E-state index in [1.54, 1.807) is 47.0 Å². The Bertz CT molecular complexity index is 1270. The van der Waals surface area contributed by atoms with Crippen LogP contribution in [0.2, 0.25) is 0 Å². The van der Waals surface area contributed by atoms with Crippen LogP contribution in [0.15, 0.2) is 71.3 Å². The van der Waals surface area contributed by atoms with Crippen molar-refractivity contribution < 1.29 is 18.3 Å². The van der Waals surface area contributed by atoms with Crippen molar-refractivity contribution in [3.63, 3.8) is 0 Å². The SMILES string of the molecule is COc1ccc(Cn2nnnc2[C@@H](c2ccccc2F)N2CCN(C(=O)c3ccco3)CC2)cc1. The number of ether oxygens (including phenoxy) is 1. The number of methoxy groups -OCH3 is 1. The standard InChI is InChI=1S/C25H25FN6O3/c1-34-19-10-8-18(9-11-19)17-32-24(27-28-29-32)23(20-5-2-3-6-21(20)26)30-12-14-31(15-13-30)25(33)22-7-4-16-35-22/h2-11,16,23H,12-15,17H2,1H3/t23-/m1/s1. The highest BCUT2D eigenvalue weighted by atomic mass is 19.1. The molecule has 10 heteroatoms. The molecule has 0 radical (unpaired) electrons. The van der Waals surface area contributed by atoms with E-state index in [4.69, 9.17) is 9.15 Å². The van der Waals surface area contributed by atoms with Gasteiger partial charge in [-0.15, -0.1) is 5.10 Å². The molecule has 0 unspecified atom stereocenters. The van der Waals surface area contributed by atoms with Gasteiger partial charge in [0.25, 0.3) is 5.91 Å². The molecule has 0 bridgehead atoms. The highest BCUT2D eigenvalue weighted by Crippen LogP contribution is 2.30. The average molecular weight is 477 g/mol. The molecule has 0 aliphatic carbocycles. The van der Waals surface area contributed by atoms with Crippen molar-refractivity contribution in [2.24, 2.45) is 0 Å². The summed E-state index contributed by atoms with van der Waals surface area (Å²) in [7, 11) is 1.62. The summed E-state index contributed by atoms with van der Waals surface area (Å²) in [6, 6.07) is 17.2. The summed E-state index contributed by atoms with van der Waals surface area (Å²) in [6.07, 6.45) is 1.49. The van der Waals surface area contributed by atoms with E-state index in [0.717, 1.165) is 11.3 Å². The lowest BCUT2D eigenvalue weighted by molar-refractivity contribution is 0.0557. The molecule has 5 rings (SSSR count). The normalized spacial score (nSPS) is 15.2. The van der Waals surface area contributed by atoms with Gasteiger partial charge in [-0.3, -0.25) is 9.69 Å². The Labute approximate surface area is 201 Å². The first-order chi connectivity index (χ1) is 17.1. The fourth-order valence-electron chi connectivity index (χ4n) is 4.36. The van der Waals surface area contributed by atoms with Crippen molar-refractivity contribution >= 4 is 5.91 Å². The molecular weight excluding hydrogens is 451 g/mol. The van der Waals surface area contributed by atoms with Gasteiger partial charge in [0.05, 0.1) is 19.9 Å². The Morgan fingerprint density at radius 1 is 1.06 bits per heavy atom. The molecule has 0 N–H and O–H groups in total. The topological polar surface area (TPSA) is 89.5 Å². The minimum Gasteiger partial charge on any atom is -0.497 e. The van der Waals surface area contributed by atoms with Crippen LogP contribution in [0.4, 0.5) is 4.39 Å². The second-order valence-corrected chi connectivity index (χ2v) is 8.27. The fraction of sp³-hybridized carbons (Fsp3) is 0.280. The van der Waals surface area contributed by atoms with Gasteiger partial charge in [-0.25, -0.2) is 9.07 Å². The summed E-state index contributed by atoms with van der Waals surface area (Å²) >= 11 is 0. The predicted molar refractivity (Wildman–Crippen MR) is 124 cm³/mol. The van der Waals surface area contributed by atoms with E-state index in [1.807, 2.05) is 24.3 Å². The summed E-state index contributed by atoms with van der Waals surface area (Å²) in [4.78, 5) is 16.6. The minimum atomic E-state index is -0.509. The Kier molecular flexibility index (Phi) is 6.53. The Morgan fingerprint density at radius 3 is 2.51 bits per heavy atom. The second kappa shape index (κ2) is 10.1. The quantitative estimate of drug-likeness (QED) is 0.405. The number of aromatic nitrogens is 4. The van der Waals surface area contributed by atoms with Crippen molar-refractivity contribution in [2.45, 2.75) is 12.6 Å². The number of rotatable bonds is 7. The van der Waals surface area contributed by atoms with Crippen molar-refractivity contribution in [1.29, 1.82) is 0 Å². The predicted octanol–water partition coefficient (Wildman–Crippen LogP) is 3.01. The lowest BCUT2D eigenvalue weighted by Gasteiger charge is -2.38. The van der Waals surface area contributed by atoms with E-state index in [9.17, 15) is 4.79 Å². The molecule has 9 nitrogen and oxygen atoms in total. The first-order valence-electron chi connectivity index (χ1n) is 11.3. The van der Waals surface area contributed by atoms with Crippen LogP contribution >= 0.6 is 0 Å². The molecular formula is C25H25FN6O3. The molecule has 1 amide bonds. The Balaban J connectivity index is 1.41. The molecule has 2 aromatic carbocycles. The number of hydrogen-bond acceptors (Lipinski definition) is 7. The van der Waals surface area contributed by atoms with Crippen molar-refractivity contribution in [2.75, 3.05) is 33.3 Å². The highest BCUT2D eigenvalue weighted by molar-refractivity contribution is 5.91. The molecule has 1 saturated heterocycles. The van der Waals surface area contributed by atoms with Gasteiger partial charge in [0, 0.05) is 31.7 Å². The molecule has 1 aliphatic heterocycles. The van der Waals surface area contributed by atoms with E-state index in [-0.39, 0.29) is 11.7 Å². The van der Waals surface area contributed by atoms with Crippen molar-refractivity contribution in [1.82, 2.24) is 30.0 Å². The summed E-state index contributed by atoms with van der Waals surface area (Å²) in [5.41, 5.74) is 1.48. The number of amides is 1. The molecule has 180 valence electrons. The van der Waals surface area contributed by atoms with Gasteiger partial charge in [-0.05, 0) is 46.3 Å². The maximum Gasteiger partial charge on any atom is 0.289 e. The average Bonchev–Trinajstić information content (AvgIpc) is 3.59. The molecule has 35 heavy (non-hydrogen) atoms. The molecule has 0 spiro atoms. The first kappa shape index (κ1) is 22.7. The fourth-order valence-corrected chi connectivity index (χ4v) is 4.36. The molecule has 3 heterocycles. The Hall–Kier alpha value is -4.05. The monoisotopic (exact) mass is 476 g/mol. The van der Waals surface area contributed by atoms with E-state index in [1.165, 1.54) is 12.3 Å². The zero-order valence-electron chi connectivity index (χ0n) is 19.2. The van der Waals surface area contributed by atoms with E-state index in [2.05, 4.69) is 20.4 Å². The number of furan rings is 1. The van der Waals surface area contributed by atoms with Crippen molar-refractivity contribution in [3.8, 4) is 5.75 Å². The largest absolute Gasteiger partial charge is 0.497 e. The maximum atomic E-state index is 15.0. The van der Waals surface area contributed by atoms with E-state index >= 15 is 4.39 Å². The van der Waals surface area contributed by atoms with Crippen LogP contribution in [-0.4, -0.2) is 69.2 Å². The number of piperazine rings is 1. The molecule has 2 aromatic heterocycles. The summed E-state index contributed by atoms with van der Waals surface area (Å²) < 4.78 is 27.2. The third kappa shape index (κ3) is 4.78.